The van der Waals surface area contributed by atoms with Gasteiger partial charge in [-0.15, -0.1) is 6.58 Å². The molecule has 28 heavy (non-hydrogen) atoms. The summed E-state index contributed by atoms with van der Waals surface area (Å²) in [6.45, 7) is 3.68. The van der Waals surface area contributed by atoms with Gasteiger partial charge >= 0.3 is 5.97 Å². The number of fused-ring (bicyclic) bond motifs is 1. The van der Waals surface area contributed by atoms with E-state index in [1.54, 1.807) is 12.2 Å². The highest BCUT2D eigenvalue weighted by Crippen LogP contribution is 2.69. The number of nitro groups is 1. The van der Waals surface area contributed by atoms with Crippen LogP contribution in [0.3, 0.4) is 0 Å². The quantitative estimate of drug-likeness (QED) is 0.232. The highest BCUT2D eigenvalue weighted by molar-refractivity contribution is 6.12. The van der Waals surface area contributed by atoms with Crippen molar-refractivity contribution < 1.29 is 28.7 Å². The Hall–Kier alpha value is -2.84. The first-order valence-electron chi connectivity index (χ1n) is 8.64. The van der Waals surface area contributed by atoms with E-state index >= 15 is 0 Å². The van der Waals surface area contributed by atoms with Crippen molar-refractivity contribution in [3.63, 3.8) is 0 Å². The monoisotopic (exact) mass is 387 g/mol. The van der Waals surface area contributed by atoms with E-state index in [0.29, 0.717) is 11.1 Å². The van der Waals surface area contributed by atoms with E-state index in [1.165, 1.54) is 45.6 Å². The Bertz CT molecular complexity index is 869. The molecule has 8 heteroatoms. The molecule has 8 nitrogen and oxygen atoms in total. The molecule has 0 aliphatic heterocycles. The van der Waals surface area contributed by atoms with Crippen molar-refractivity contribution in [1.82, 2.24) is 0 Å². The fourth-order valence-corrected chi connectivity index (χ4v) is 4.44. The van der Waals surface area contributed by atoms with Gasteiger partial charge in [-0.2, -0.15) is 0 Å². The highest BCUT2D eigenvalue weighted by Gasteiger charge is 2.82. The average molecular weight is 387 g/mol. The molecule has 1 saturated carbocycles. The molecular weight excluding hydrogens is 366 g/mol. The van der Waals surface area contributed by atoms with Gasteiger partial charge in [0.25, 0.3) is 5.69 Å². The predicted octanol–water partition coefficient (Wildman–Crippen LogP) is 2.33. The van der Waals surface area contributed by atoms with Gasteiger partial charge in [-0.05, 0) is 18.1 Å². The maximum Gasteiger partial charge on any atom is 0.310 e. The standard InChI is InChI=1S/C20H21NO7/c1-5-6-12-11-19(27-3,28-4)16-15(18(23)26-2)20(16,17(12)22)13-7-9-14(10-8-13)21(24)25/h5,7-11,15-16H,1,6H2,2-4H3/t15-,16-,20-/m0/s1. The fourth-order valence-electron chi connectivity index (χ4n) is 4.44. The van der Waals surface area contributed by atoms with Crippen LogP contribution < -0.4 is 0 Å². The number of esters is 1. The molecule has 0 amide bonds. The second-order valence-corrected chi connectivity index (χ2v) is 6.77. The number of carbonyl (C=O) groups excluding carboxylic acids is 2. The first-order chi connectivity index (χ1) is 13.3. The number of carbonyl (C=O) groups is 2. The van der Waals surface area contributed by atoms with Gasteiger partial charge in [0.1, 0.15) is 0 Å². The molecule has 1 aromatic rings. The third-order valence-corrected chi connectivity index (χ3v) is 5.69. The molecule has 0 N–H and O–H groups in total. The summed E-state index contributed by atoms with van der Waals surface area (Å²) in [6, 6.07) is 5.62. The molecule has 3 rings (SSSR count). The number of benzene rings is 1. The summed E-state index contributed by atoms with van der Waals surface area (Å²) in [7, 11) is 4.13. The Kier molecular flexibility index (Phi) is 4.95. The van der Waals surface area contributed by atoms with Crippen LogP contribution in [0.4, 0.5) is 5.69 Å². The zero-order valence-corrected chi connectivity index (χ0v) is 15.8. The van der Waals surface area contributed by atoms with Crippen LogP contribution in [0.5, 0.6) is 0 Å². The molecule has 0 heterocycles. The van der Waals surface area contributed by atoms with E-state index in [4.69, 9.17) is 14.2 Å². The molecular formula is C20H21NO7. The molecule has 0 aromatic heterocycles. The van der Waals surface area contributed by atoms with Crippen molar-refractivity contribution in [2.24, 2.45) is 11.8 Å². The lowest BCUT2D eigenvalue weighted by molar-refractivity contribution is -0.384. The first kappa shape index (κ1) is 19.9. The lowest BCUT2D eigenvalue weighted by atomic mass is 9.77. The topological polar surface area (TPSA) is 105 Å². The second-order valence-electron chi connectivity index (χ2n) is 6.77. The third-order valence-electron chi connectivity index (χ3n) is 5.69. The van der Waals surface area contributed by atoms with E-state index in [2.05, 4.69) is 6.58 Å². The van der Waals surface area contributed by atoms with E-state index in [9.17, 15) is 19.7 Å². The van der Waals surface area contributed by atoms with Crippen LogP contribution in [0, 0.1) is 22.0 Å². The summed E-state index contributed by atoms with van der Waals surface area (Å²) in [5, 5.41) is 11.0. The number of Topliss-reactive ketones (excluding diaryl/α,β-unsaturated/α-hetero) is 1. The van der Waals surface area contributed by atoms with Crippen LogP contribution >= 0.6 is 0 Å². The van der Waals surface area contributed by atoms with Crippen LogP contribution in [0.25, 0.3) is 0 Å². The molecule has 0 bridgehead atoms. The highest BCUT2D eigenvalue weighted by atomic mass is 16.7. The number of ketones is 1. The number of ether oxygens (including phenoxy) is 3. The van der Waals surface area contributed by atoms with Crippen LogP contribution in [0.1, 0.15) is 12.0 Å². The number of hydrogen-bond acceptors (Lipinski definition) is 7. The second kappa shape index (κ2) is 6.96. The minimum absolute atomic E-state index is 0.109. The first-order valence-corrected chi connectivity index (χ1v) is 8.64. The number of hydrogen-bond donors (Lipinski definition) is 0. The van der Waals surface area contributed by atoms with E-state index in [0.717, 1.165) is 0 Å². The van der Waals surface area contributed by atoms with Crippen molar-refractivity contribution in [2.75, 3.05) is 21.3 Å². The Labute approximate surface area is 161 Å². The van der Waals surface area contributed by atoms with E-state index < -0.39 is 33.9 Å². The van der Waals surface area contributed by atoms with Crippen LogP contribution in [-0.4, -0.2) is 43.8 Å². The lowest BCUT2D eigenvalue weighted by Crippen LogP contribution is -2.44. The van der Waals surface area contributed by atoms with Gasteiger partial charge in [-0.25, -0.2) is 0 Å². The zero-order chi connectivity index (χ0) is 20.7. The minimum Gasteiger partial charge on any atom is -0.469 e. The number of methoxy groups -OCH3 is 3. The Morgan fingerprint density at radius 1 is 1.25 bits per heavy atom. The van der Waals surface area contributed by atoms with Crippen LogP contribution in [0.15, 0.2) is 48.6 Å². The molecule has 2 aliphatic carbocycles. The Balaban J connectivity index is 2.23. The summed E-state index contributed by atoms with van der Waals surface area (Å²) < 4.78 is 16.2. The van der Waals surface area contributed by atoms with E-state index in [-0.39, 0.29) is 17.9 Å². The van der Waals surface area contributed by atoms with Crippen molar-refractivity contribution in [3.05, 3.63) is 64.2 Å². The molecule has 1 fully saturated rings. The lowest BCUT2D eigenvalue weighted by Gasteiger charge is -2.35. The normalized spacial score (nSPS) is 27.4. The van der Waals surface area contributed by atoms with Gasteiger partial charge < -0.3 is 14.2 Å². The van der Waals surface area contributed by atoms with E-state index in [1.807, 2.05) is 0 Å². The molecule has 0 radical (unpaired) electrons. The summed E-state index contributed by atoms with van der Waals surface area (Å²) in [5.74, 6) is -3.64. The van der Waals surface area contributed by atoms with Gasteiger partial charge in [-0.1, -0.05) is 18.2 Å². The maximum atomic E-state index is 13.5. The third kappa shape index (κ3) is 2.52. The number of rotatable bonds is 7. The van der Waals surface area contributed by atoms with Crippen LogP contribution in [-0.2, 0) is 29.2 Å². The number of allylic oxidation sites excluding steroid dienone is 2. The molecule has 0 spiro atoms. The molecule has 2 aliphatic rings. The summed E-state index contributed by atoms with van der Waals surface area (Å²) in [5.41, 5.74) is -0.500. The Morgan fingerprint density at radius 2 is 1.86 bits per heavy atom. The van der Waals surface area contributed by atoms with Gasteiger partial charge in [0.15, 0.2) is 11.6 Å². The molecule has 0 unspecified atom stereocenters. The van der Waals surface area contributed by atoms with Crippen molar-refractivity contribution >= 4 is 17.4 Å². The summed E-state index contributed by atoms with van der Waals surface area (Å²) in [6.07, 6.45) is 3.44. The molecule has 3 atom stereocenters. The number of nitrogens with zero attached hydrogens (tertiary/aromatic N) is 1. The van der Waals surface area contributed by atoms with Gasteiger partial charge in [0.2, 0.25) is 0 Å². The minimum atomic E-state index is -1.31. The van der Waals surface area contributed by atoms with Crippen molar-refractivity contribution in [1.29, 1.82) is 0 Å². The number of nitro benzene ring substituents is 1. The average Bonchev–Trinajstić information content (AvgIpc) is 3.42. The fraction of sp³-hybridized carbons (Fsp3) is 0.400. The summed E-state index contributed by atoms with van der Waals surface area (Å²) >= 11 is 0. The van der Waals surface area contributed by atoms with Gasteiger partial charge in [0, 0.05) is 37.8 Å². The van der Waals surface area contributed by atoms with Crippen LogP contribution in [0.2, 0.25) is 0 Å². The maximum absolute atomic E-state index is 13.5. The summed E-state index contributed by atoms with van der Waals surface area (Å²) in [4.78, 5) is 36.5. The molecule has 0 saturated heterocycles. The molecule has 1 aromatic carbocycles. The smallest absolute Gasteiger partial charge is 0.310 e. The zero-order valence-electron chi connectivity index (χ0n) is 15.8. The largest absolute Gasteiger partial charge is 0.469 e. The molecule has 148 valence electrons. The van der Waals surface area contributed by atoms with Crippen molar-refractivity contribution in [3.8, 4) is 0 Å². The Morgan fingerprint density at radius 3 is 2.32 bits per heavy atom. The number of non-ortho nitro benzene ring substituents is 1. The van der Waals surface area contributed by atoms with Gasteiger partial charge in [0.05, 0.1) is 23.4 Å². The van der Waals surface area contributed by atoms with Crippen molar-refractivity contribution in [2.45, 2.75) is 17.6 Å². The SMILES string of the molecule is C=CCC1=CC(OC)(OC)[C@@H]2[C@@H](C(=O)OC)[C@]2(c2ccc([N+](=O)[O-])cc2)C1=O. The van der Waals surface area contributed by atoms with Gasteiger partial charge in [-0.3, -0.25) is 19.7 Å². The predicted molar refractivity (Wildman–Crippen MR) is 98.4 cm³/mol.